The maximum atomic E-state index is 12.1. The van der Waals surface area contributed by atoms with Crippen molar-refractivity contribution in [2.24, 2.45) is 5.41 Å². The minimum atomic E-state index is 0.0673. The first-order chi connectivity index (χ1) is 9.17. The topological polar surface area (TPSA) is 80.1 Å². The Labute approximate surface area is 111 Å². The van der Waals surface area contributed by atoms with Crippen LogP contribution in [0.2, 0.25) is 0 Å². The highest BCUT2D eigenvalue weighted by molar-refractivity contribution is 5.79. The molecule has 2 aliphatic rings. The van der Waals surface area contributed by atoms with Gasteiger partial charge in [-0.15, -0.1) is 0 Å². The summed E-state index contributed by atoms with van der Waals surface area (Å²) in [5, 5.41) is 6.83. The second kappa shape index (κ2) is 4.64. The molecule has 0 aromatic carbocycles. The van der Waals surface area contributed by atoms with Crippen LogP contribution in [-0.2, 0) is 16.1 Å². The van der Waals surface area contributed by atoms with Gasteiger partial charge in [0.05, 0.1) is 0 Å². The van der Waals surface area contributed by atoms with Crippen molar-refractivity contribution in [1.29, 1.82) is 0 Å². The maximum absolute atomic E-state index is 12.1. The Morgan fingerprint density at radius 3 is 2.79 bits per heavy atom. The van der Waals surface area contributed by atoms with Crippen molar-refractivity contribution in [1.82, 2.24) is 25.0 Å². The molecule has 19 heavy (non-hydrogen) atoms. The van der Waals surface area contributed by atoms with Crippen molar-refractivity contribution in [3.05, 3.63) is 12.7 Å². The molecule has 1 aromatic rings. The first kappa shape index (κ1) is 12.1. The van der Waals surface area contributed by atoms with E-state index in [4.69, 9.17) is 0 Å². The summed E-state index contributed by atoms with van der Waals surface area (Å²) in [5.74, 6) is 0.208. The molecule has 2 fully saturated rings. The molecule has 3 heterocycles. The van der Waals surface area contributed by atoms with Crippen LogP contribution in [0, 0.1) is 5.41 Å². The van der Waals surface area contributed by atoms with Crippen LogP contribution in [0.15, 0.2) is 12.7 Å². The van der Waals surface area contributed by atoms with Gasteiger partial charge in [-0.25, -0.2) is 9.67 Å². The lowest BCUT2D eigenvalue weighted by atomic mass is 9.77. The molecule has 2 saturated heterocycles. The highest BCUT2D eigenvalue weighted by Crippen LogP contribution is 2.37. The third kappa shape index (κ3) is 2.45. The van der Waals surface area contributed by atoms with Gasteiger partial charge in [0.15, 0.2) is 0 Å². The van der Waals surface area contributed by atoms with Crippen molar-refractivity contribution in [2.45, 2.75) is 25.8 Å². The zero-order valence-electron chi connectivity index (χ0n) is 10.7. The van der Waals surface area contributed by atoms with E-state index in [1.54, 1.807) is 6.33 Å². The quantitative estimate of drug-likeness (QED) is 0.773. The molecule has 0 bridgehead atoms. The molecule has 0 unspecified atom stereocenters. The largest absolute Gasteiger partial charge is 0.356 e. The van der Waals surface area contributed by atoms with E-state index in [0.717, 1.165) is 32.5 Å². The highest BCUT2D eigenvalue weighted by atomic mass is 16.2. The van der Waals surface area contributed by atoms with Gasteiger partial charge in [0.25, 0.3) is 0 Å². The summed E-state index contributed by atoms with van der Waals surface area (Å²) >= 11 is 0. The minimum absolute atomic E-state index is 0.0673. The van der Waals surface area contributed by atoms with Gasteiger partial charge in [-0.3, -0.25) is 9.59 Å². The van der Waals surface area contributed by atoms with E-state index in [0.29, 0.717) is 6.42 Å². The zero-order chi connectivity index (χ0) is 13.3. The molecule has 2 aliphatic heterocycles. The standard InChI is InChI=1S/C12H17N5O2/c18-10-5-12(7-14-10)1-3-16(4-2-12)11(19)6-17-9-13-8-15-17/h8-9H,1-7H2,(H,14,18). The molecule has 0 saturated carbocycles. The van der Waals surface area contributed by atoms with E-state index in [1.807, 2.05) is 4.90 Å². The molecule has 1 spiro atoms. The molecule has 102 valence electrons. The van der Waals surface area contributed by atoms with Crippen LogP contribution >= 0.6 is 0 Å². The van der Waals surface area contributed by atoms with Gasteiger partial charge in [-0.05, 0) is 18.3 Å². The zero-order valence-corrected chi connectivity index (χ0v) is 10.7. The number of hydrogen-bond donors (Lipinski definition) is 1. The van der Waals surface area contributed by atoms with Gasteiger partial charge >= 0.3 is 0 Å². The van der Waals surface area contributed by atoms with Crippen molar-refractivity contribution in [3.8, 4) is 0 Å². The second-order valence-corrected chi connectivity index (χ2v) is 5.43. The monoisotopic (exact) mass is 263 g/mol. The number of carbonyl (C=O) groups excluding carboxylic acids is 2. The fraction of sp³-hybridized carbons (Fsp3) is 0.667. The van der Waals surface area contributed by atoms with Crippen LogP contribution in [0.25, 0.3) is 0 Å². The number of hydrogen-bond acceptors (Lipinski definition) is 4. The lowest BCUT2D eigenvalue weighted by Crippen LogP contribution is -2.45. The van der Waals surface area contributed by atoms with E-state index < -0.39 is 0 Å². The average molecular weight is 263 g/mol. The summed E-state index contributed by atoms with van der Waals surface area (Å²) in [7, 11) is 0. The number of likely N-dealkylation sites (tertiary alicyclic amines) is 1. The average Bonchev–Trinajstić information content (AvgIpc) is 3.01. The molecule has 7 nitrogen and oxygen atoms in total. The Balaban J connectivity index is 1.55. The maximum Gasteiger partial charge on any atom is 0.244 e. The predicted octanol–water partition coefficient (Wildman–Crippen LogP) is -0.593. The first-order valence-corrected chi connectivity index (χ1v) is 6.54. The first-order valence-electron chi connectivity index (χ1n) is 6.54. The van der Waals surface area contributed by atoms with Gasteiger partial charge in [0.1, 0.15) is 19.2 Å². The molecule has 2 amide bonds. The summed E-state index contributed by atoms with van der Waals surface area (Å²) < 4.78 is 1.54. The number of nitrogens with one attached hydrogen (secondary N) is 1. The fourth-order valence-electron chi connectivity index (χ4n) is 2.89. The SMILES string of the molecule is O=C1CC2(CCN(C(=O)Cn3cncn3)CC2)CN1. The van der Waals surface area contributed by atoms with Crippen LogP contribution in [0.3, 0.4) is 0 Å². The fourth-order valence-corrected chi connectivity index (χ4v) is 2.89. The second-order valence-electron chi connectivity index (χ2n) is 5.43. The van der Waals surface area contributed by atoms with Crippen molar-refractivity contribution in [3.63, 3.8) is 0 Å². The Bertz CT molecular complexity index is 476. The third-order valence-electron chi connectivity index (χ3n) is 4.14. The van der Waals surface area contributed by atoms with Crippen LogP contribution in [0.1, 0.15) is 19.3 Å². The molecule has 0 aliphatic carbocycles. The summed E-state index contributed by atoms with van der Waals surface area (Å²) in [4.78, 5) is 29.1. The summed E-state index contributed by atoms with van der Waals surface area (Å²) in [5.41, 5.74) is 0.0844. The number of aromatic nitrogens is 3. The summed E-state index contributed by atoms with van der Waals surface area (Å²) in [6.45, 7) is 2.45. The molecule has 3 rings (SSSR count). The number of amides is 2. The Morgan fingerprint density at radius 1 is 1.42 bits per heavy atom. The van der Waals surface area contributed by atoms with Crippen molar-refractivity contribution < 1.29 is 9.59 Å². The molecular formula is C12H17N5O2. The van der Waals surface area contributed by atoms with Crippen LogP contribution in [0.4, 0.5) is 0 Å². The van der Waals surface area contributed by atoms with Crippen LogP contribution < -0.4 is 5.32 Å². The van der Waals surface area contributed by atoms with E-state index in [2.05, 4.69) is 15.4 Å². The lowest BCUT2D eigenvalue weighted by molar-refractivity contribution is -0.134. The Morgan fingerprint density at radius 2 is 2.21 bits per heavy atom. The van der Waals surface area contributed by atoms with E-state index in [1.165, 1.54) is 11.0 Å². The smallest absolute Gasteiger partial charge is 0.244 e. The normalized spacial score (nSPS) is 21.7. The number of rotatable bonds is 2. The van der Waals surface area contributed by atoms with Gasteiger partial charge in [-0.1, -0.05) is 0 Å². The highest BCUT2D eigenvalue weighted by Gasteiger charge is 2.41. The van der Waals surface area contributed by atoms with Crippen molar-refractivity contribution >= 4 is 11.8 Å². The van der Waals surface area contributed by atoms with Gasteiger partial charge in [-0.2, -0.15) is 5.10 Å². The van der Waals surface area contributed by atoms with E-state index in [-0.39, 0.29) is 23.8 Å². The molecule has 1 N–H and O–H groups in total. The third-order valence-corrected chi connectivity index (χ3v) is 4.14. The molecule has 1 aromatic heterocycles. The molecule has 7 heteroatoms. The number of carbonyl (C=O) groups is 2. The molecule has 0 radical (unpaired) electrons. The number of nitrogens with zero attached hydrogens (tertiary/aromatic N) is 4. The summed E-state index contributed by atoms with van der Waals surface area (Å²) in [6, 6.07) is 0. The van der Waals surface area contributed by atoms with Gasteiger partial charge in [0.2, 0.25) is 11.8 Å². The Kier molecular flexibility index (Phi) is 2.96. The molecule has 0 atom stereocenters. The van der Waals surface area contributed by atoms with Crippen LogP contribution in [0.5, 0.6) is 0 Å². The predicted molar refractivity (Wildman–Crippen MR) is 65.9 cm³/mol. The summed E-state index contributed by atoms with van der Waals surface area (Å²) in [6.07, 6.45) is 5.37. The van der Waals surface area contributed by atoms with Gasteiger partial charge in [0, 0.05) is 26.1 Å². The van der Waals surface area contributed by atoms with Crippen LogP contribution in [-0.4, -0.2) is 51.1 Å². The molecular weight excluding hydrogens is 246 g/mol. The minimum Gasteiger partial charge on any atom is -0.356 e. The van der Waals surface area contributed by atoms with E-state index >= 15 is 0 Å². The Hall–Kier alpha value is -1.92. The lowest BCUT2D eigenvalue weighted by Gasteiger charge is -2.38. The van der Waals surface area contributed by atoms with Crippen molar-refractivity contribution in [2.75, 3.05) is 19.6 Å². The van der Waals surface area contributed by atoms with E-state index in [9.17, 15) is 9.59 Å². The number of piperidine rings is 1. The van der Waals surface area contributed by atoms with Gasteiger partial charge < -0.3 is 10.2 Å².